The molecule has 5 aromatic rings. The molecule has 0 spiro atoms. The normalized spacial score (nSPS) is 11.1. The van der Waals surface area contributed by atoms with Gasteiger partial charge in [0.15, 0.2) is 0 Å². The van der Waals surface area contributed by atoms with Crippen molar-refractivity contribution in [2.45, 2.75) is 6.54 Å². The molecule has 0 amide bonds. The quantitative estimate of drug-likeness (QED) is 0.369. The predicted molar refractivity (Wildman–Crippen MR) is 120 cm³/mol. The third kappa shape index (κ3) is 3.33. The number of fused-ring (bicyclic) bond motifs is 2. The molecule has 4 nitrogen and oxygen atoms in total. The molecule has 1 aromatic heterocycles. The molecular formula is C26H20N2O2. The molecule has 5 rings (SSSR count). The molecule has 0 bridgehead atoms. The first-order valence-electron chi connectivity index (χ1n) is 9.82. The molecule has 0 fully saturated rings. The van der Waals surface area contributed by atoms with Crippen molar-refractivity contribution in [2.24, 2.45) is 0 Å². The standard InChI is InChI=1S/C26H20N2O2/c1-30-26(29)23-13-12-21-14-20(10-11-22(21)15-23)19-8-6-18(7-9-19)16-28-17-27-24-4-2-3-5-25(24)28/h2-15,17H,16H2,1H3. The van der Waals surface area contributed by atoms with Crippen molar-refractivity contribution < 1.29 is 9.53 Å². The van der Waals surface area contributed by atoms with E-state index in [-0.39, 0.29) is 5.97 Å². The van der Waals surface area contributed by atoms with Gasteiger partial charge in [-0.3, -0.25) is 0 Å². The number of aromatic nitrogens is 2. The van der Waals surface area contributed by atoms with E-state index in [1.165, 1.54) is 12.7 Å². The van der Waals surface area contributed by atoms with E-state index >= 15 is 0 Å². The van der Waals surface area contributed by atoms with Crippen molar-refractivity contribution in [1.29, 1.82) is 0 Å². The number of para-hydroxylation sites is 2. The number of ether oxygens (including phenoxy) is 1. The zero-order valence-electron chi connectivity index (χ0n) is 16.6. The van der Waals surface area contributed by atoms with Crippen LogP contribution in [0.4, 0.5) is 0 Å². The van der Waals surface area contributed by atoms with Gasteiger partial charge in [0.1, 0.15) is 0 Å². The van der Waals surface area contributed by atoms with Crippen LogP contribution < -0.4 is 0 Å². The molecule has 0 radical (unpaired) electrons. The summed E-state index contributed by atoms with van der Waals surface area (Å²) < 4.78 is 6.97. The van der Waals surface area contributed by atoms with Gasteiger partial charge in [0.25, 0.3) is 0 Å². The largest absolute Gasteiger partial charge is 0.465 e. The van der Waals surface area contributed by atoms with E-state index in [1.54, 1.807) is 6.07 Å². The highest BCUT2D eigenvalue weighted by Crippen LogP contribution is 2.26. The van der Waals surface area contributed by atoms with Crippen molar-refractivity contribution in [2.75, 3.05) is 7.11 Å². The first kappa shape index (κ1) is 18.1. The van der Waals surface area contributed by atoms with Crippen LogP contribution in [0.1, 0.15) is 15.9 Å². The van der Waals surface area contributed by atoms with Gasteiger partial charge in [-0.15, -0.1) is 0 Å². The Morgan fingerprint density at radius 3 is 2.43 bits per heavy atom. The topological polar surface area (TPSA) is 44.1 Å². The van der Waals surface area contributed by atoms with Crippen LogP contribution in [-0.4, -0.2) is 22.6 Å². The van der Waals surface area contributed by atoms with E-state index in [2.05, 4.69) is 52.0 Å². The number of hydrogen-bond donors (Lipinski definition) is 0. The van der Waals surface area contributed by atoms with Gasteiger partial charge in [0, 0.05) is 6.54 Å². The lowest BCUT2D eigenvalue weighted by Crippen LogP contribution is -2.00. The highest BCUT2D eigenvalue weighted by atomic mass is 16.5. The number of imidazole rings is 1. The Morgan fingerprint density at radius 1 is 0.867 bits per heavy atom. The molecule has 4 aromatic carbocycles. The second-order valence-corrected chi connectivity index (χ2v) is 7.33. The van der Waals surface area contributed by atoms with Gasteiger partial charge in [0.2, 0.25) is 0 Å². The summed E-state index contributed by atoms with van der Waals surface area (Å²) in [4.78, 5) is 16.2. The number of methoxy groups -OCH3 is 1. The molecule has 0 aliphatic rings. The third-order valence-corrected chi connectivity index (χ3v) is 5.43. The first-order chi connectivity index (χ1) is 14.7. The highest BCUT2D eigenvalue weighted by molar-refractivity contribution is 5.96. The first-order valence-corrected chi connectivity index (χ1v) is 9.82. The lowest BCUT2D eigenvalue weighted by atomic mass is 9.99. The van der Waals surface area contributed by atoms with Gasteiger partial charge in [-0.1, -0.05) is 54.6 Å². The second-order valence-electron chi connectivity index (χ2n) is 7.33. The monoisotopic (exact) mass is 392 g/mol. The summed E-state index contributed by atoms with van der Waals surface area (Å²) in [5.74, 6) is -0.317. The number of carbonyl (C=O) groups excluding carboxylic acids is 1. The number of esters is 1. The van der Waals surface area contributed by atoms with Crippen LogP contribution in [0.25, 0.3) is 32.9 Å². The fourth-order valence-electron chi connectivity index (χ4n) is 3.81. The summed E-state index contributed by atoms with van der Waals surface area (Å²) in [6.07, 6.45) is 1.89. The number of rotatable bonds is 4. The molecule has 146 valence electrons. The van der Waals surface area contributed by atoms with Crippen molar-refractivity contribution in [1.82, 2.24) is 9.55 Å². The summed E-state index contributed by atoms with van der Waals surface area (Å²) >= 11 is 0. The lowest BCUT2D eigenvalue weighted by Gasteiger charge is -2.08. The third-order valence-electron chi connectivity index (χ3n) is 5.43. The Kier molecular flexibility index (Phi) is 4.52. The van der Waals surface area contributed by atoms with Crippen LogP contribution >= 0.6 is 0 Å². The Hall–Kier alpha value is -3.92. The second kappa shape index (κ2) is 7.48. The highest BCUT2D eigenvalue weighted by Gasteiger charge is 2.07. The molecule has 0 atom stereocenters. The predicted octanol–water partition coefficient (Wildman–Crippen LogP) is 5.69. The molecule has 0 aliphatic heterocycles. The zero-order chi connectivity index (χ0) is 20.5. The van der Waals surface area contributed by atoms with E-state index in [0.717, 1.165) is 39.5 Å². The Labute approximate surface area is 174 Å². The molecule has 30 heavy (non-hydrogen) atoms. The Bertz CT molecular complexity index is 1370. The van der Waals surface area contributed by atoms with E-state index in [1.807, 2.05) is 42.7 Å². The minimum absolute atomic E-state index is 0.317. The van der Waals surface area contributed by atoms with Crippen LogP contribution in [-0.2, 0) is 11.3 Å². The van der Waals surface area contributed by atoms with E-state index in [9.17, 15) is 4.79 Å². The van der Waals surface area contributed by atoms with Crippen molar-refractivity contribution >= 4 is 27.8 Å². The molecule has 0 saturated heterocycles. The summed E-state index contributed by atoms with van der Waals surface area (Å²) in [6.45, 7) is 0.787. The van der Waals surface area contributed by atoms with E-state index in [4.69, 9.17) is 4.74 Å². The van der Waals surface area contributed by atoms with Gasteiger partial charge in [-0.2, -0.15) is 0 Å². The van der Waals surface area contributed by atoms with Crippen molar-refractivity contribution in [3.8, 4) is 11.1 Å². The van der Waals surface area contributed by atoms with E-state index < -0.39 is 0 Å². The number of nitrogens with zero attached hydrogens (tertiary/aromatic N) is 2. The SMILES string of the molecule is COC(=O)c1ccc2cc(-c3ccc(Cn4cnc5ccccc54)cc3)ccc2c1. The molecule has 0 aliphatic carbocycles. The fourth-order valence-corrected chi connectivity index (χ4v) is 3.81. The summed E-state index contributed by atoms with van der Waals surface area (Å²) in [7, 11) is 1.40. The van der Waals surface area contributed by atoms with Crippen LogP contribution in [0.5, 0.6) is 0 Å². The number of hydrogen-bond acceptors (Lipinski definition) is 3. The minimum Gasteiger partial charge on any atom is -0.465 e. The van der Waals surface area contributed by atoms with Gasteiger partial charge in [-0.25, -0.2) is 9.78 Å². The van der Waals surface area contributed by atoms with Gasteiger partial charge in [0.05, 0.1) is 30.0 Å². The minimum atomic E-state index is -0.317. The molecule has 1 heterocycles. The van der Waals surface area contributed by atoms with Crippen LogP contribution in [0, 0.1) is 0 Å². The number of benzene rings is 4. The maximum atomic E-state index is 11.7. The summed E-state index contributed by atoms with van der Waals surface area (Å²) in [6, 6.07) is 28.7. The molecule has 4 heteroatoms. The maximum absolute atomic E-state index is 11.7. The van der Waals surface area contributed by atoms with Crippen molar-refractivity contribution in [3.63, 3.8) is 0 Å². The molecule has 0 N–H and O–H groups in total. The van der Waals surface area contributed by atoms with Crippen molar-refractivity contribution in [3.05, 3.63) is 102 Å². The number of carbonyl (C=O) groups is 1. The maximum Gasteiger partial charge on any atom is 0.337 e. The van der Waals surface area contributed by atoms with Crippen LogP contribution in [0.15, 0.2) is 91.3 Å². The smallest absolute Gasteiger partial charge is 0.337 e. The summed E-state index contributed by atoms with van der Waals surface area (Å²) in [5.41, 5.74) is 6.25. The summed E-state index contributed by atoms with van der Waals surface area (Å²) in [5, 5.41) is 2.11. The molecule has 0 unspecified atom stereocenters. The van der Waals surface area contributed by atoms with E-state index in [0.29, 0.717) is 5.56 Å². The van der Waals surface area contributed by atoms with Gasteiger partial charge in [-0.05, 0) is 57.8 Å². The average molecular weight is 392 g/mol. The lowest BCUT2D eigenvalue weighted by molar-refractivity contribution is 0.0601. The van der Waals surface area contributed by atoms with Gasteiger partial charge >= 0.3 is 5.97 Å². The fraction of sp³-hybridized carbons (Fsp3) is 0.0769. The van der Waals surface area contributed by atoms with Crippen LogP contribution in [0.2, 0.25) is 0 Å². The molecular weight excluding hydrogens is 372 g/mol. The average Bonchev–Trinajstić information content (AvgIpc) is 3.21. The van der Waals surface area contributed by atoms with Gasteiger partial charge < -0.3 is 9.30 Å². The molecule has 0 saturated carbocycles. The Balaban J connectivity index is 1.40. The zero-order valence-corrected chi connectivity index (χ0v) is 16.6. The van der Waals surface area contributed by atoms with Crippen LogP contribution in [0.3, 0.4) is 0 Å². The Morgan fingerprint density at radius 2 is 1.60 bits per heavy atom.